The zero-order chi connectivity index (χ0) is 13.2. The van der Waals surface area contributed by atoms with Crippen LogP contribution in [0.15, 0.2) is 42.5 Å². The van der Waals surface area contributed by atoms with Crippen LogP contribution in [0.3, 0.4) is 0 Å². The second-order valence-corrected chi connectivity index (χ2v) is 6.13. The Balaban J connectivity index is 1.76. The van der Waals surface area contributed by atoms with Crippen LogP contribution < -0.4 is 10.5 Å². The highest BCUT2D eigenvalue weighted by Crippen LogP contribution is 2.35. The number of hydrogen-bond donors (Lipinski definition) is 1. The van der Waals surface area contributed by atoms with Crippen molar-refractivity contribution in [3.8, 4) is 5.75 Å². The van der Waals surface area contributed by atoms with Gasteiger partial charge in [-0.2, -0.15) is 0 Å². The fourth-order valence-electron chi connectivity index (χ4n) is 2.53. The van der Waals surface area contributed by atoms with Gasteiger partial charge in [-0.05, 0) is 70.3 Å². The van der Waals surface area contributed by atoms with Gasteiger partial charge >= 0.3 is 0 Å². The largest absolute Gasteiger partial charge is 0.489 e. The van der Waals surface area contributed by atoms with Crippen molar-refractivity contribution in [1.29, 1.82) is 0 Å². The van der Waals surface area contributed by atoms with E-state index in [-0.39, 0.29) is 6.04 Å². The van der Waals surface area contributed by atoms with Crippen LogP contribution in [0.25, 0.3) is 0 Å². The highest BCUT2D eigenvalue weighted by molar-refractivity contribution is 14.1. The van der Waals surface area contributed by atoms with Gasteiger partial charge in [0.05, 0.1) is 0 Å². The molecule has 98 valence electrons. The molecule has 2 nitrogen and oxygen atoms in total. The smallest absolute Gasteiger partial charge is 0.123 e. The van der Waals surface area contributed by atoms with Crippen LogP contribution in [0.4, 0.5) is 0 Å². The summed E-state index contributed by atoms with van der Waals surface area (Å²) in [5.41, 5.74) is 9.82. The van der Waals surface area contributed by atoms with Gasteiger partial charge in [-0.1, -0.05) is 24.3 Å². The molecule has 0 fully saturated rings. The maximum Gasteiger partial charge on any atom is 0.123 e. The van der Waals surface area contributed by atoms with Crippen molar-refractivity contribution in [3.05, 3.63) is 62.7 Å². The molecule has 3 rings (SSSR count). The fraction of sp³-hybridized carbons (Fsp3) is 0.250. The van der Waals surface area contributed by atoms with Gasteiger partial charge in [0.25, 0.3) is 0 Å². The molecular formula is C16H16INO. The first kappa shape index (κ1) is 12.9. The third-order valence-electron chi connectivity index (χ3n) is 3.58. The monoisotopic (exact) mass is 365 g/mol. The molecule has 0 amide bonds. The van der Waals surface area contributed by atoms with E-state index in [0.717, 1.165) is 18.6 Å². The summed E-state index contributed by atoms with van der Waals surface area (Å²) in [6.45, 7) is 0.614. The van der Waals surface area contributed by atoms with Crippen LogP contribution in [0.5, 0.6) is 5.75 Å². The van der Waals surface area contributed by atoms with Crippen molar-refractivity contribution in [2.45, 2.75) is 25.5 Å². The fourth-order valence-corrected chi connectivity index (χ4v) is 2.89. The lowest BCUT2D eigenvalue weighted by Gasteiger charge is -2.11. The van der Waals surface area contributed by atoms with Crippen LogP contribution in [0.1, 0.15) is 29.2 Å². The molecule has 2 N–H and O–H groups in total. The van der Waals surface area contributed by atoms with Crippen LogP contribution in [-0.2, 0) is 13.0 Å². The molecule has 1 aliphatic rings. The topological polar surface area (TPSA) is 35.2 Å². The summed E-state index contributed by atoms with van der Waals surface area (Å²) in [6.07, 6.45) is 2.05. The first-order valence-corrected chi connectivity index (χ1v) is 7.56. The molecule has 2 aromatic rings. The first-order valence-electron chi connectivity index (χ1n) is 6.48. The Kier molecular flexibility index (Phi) is 3.75. The molecule has 0 saturated heterocycles. The summed E-state index contributed by atoms with van der Waals surface area (Å²) in [7, 11) is 0. The van der Waals surface area contributed by atoms with Crippen molar-refractivity contribution >= 4 is 22.6 Å². The Labute approximate surface area is 127 Å². The van der Waals surface area contributed by atoms with Crippen molar-refractivity contribution in [2.75, 3.05) is 0 Å². The highest BCUT2D eigenvalue weighted by atomic mass is 127. The third kappa shape index (κ3) is 2.77. The van der Waals surface area contributed by atoms with E-state index in [1.54, 1.807) is 0 Å². The molecule has 1 aliphatic carbocycles. The van der Waals surface area contributed by atoms with E-state index < -0.39 is 0 Å². The van der Waals surface area contributed by atoms with E-state index >= 15 is 0 Å². The summed E-state index contributed by atoms with van der Waals surface area (Å²) < 4.78 is 7.21. The van der Waals surface area contributed by atoms with Crippen molar-refractivity contribution in [2.24, 2.45) is 5.73 Å². The first-order chi connectivity index (χ1) is 9.24. The third-order valence-corrected chi connectivity index (χ3v) is 4.30. The van der Waals surface area contributed by atoms with Gasteiger partial charge in [0.2, 0.25) is 0 Å². The van der Waals surface area contributed by atoms with Gasteiger partial charge in [-0.25, -0.2) is 0 Å². The predicted octanol–water partition coefficient (Wildman–Crippen LogP) is 3.82. The van der Waals surface area contributed by atoms with Crippen LogP contribution >= 0.6 is 22.6 Å². The molecular weight excluding hydrogens is 349 g/mol. The molecule has 2 aromatic carbocycles. The average molecular weight is 365 g/mol. The van der Waals surface area contributed by atoms with Crippen molar-refractivity contribution in [1.82, 2.24) is 0 Å². The molecule has 0 bridgehead atoms. The summed E-state index contributed by atoms with van der Waals surface area (Å²) in [5.74, 6) is 0.990. The lowest BCUT2D eigenvalue weighted by molar-refractivity contribution is 0.303. The quantitative estimate of drug-likeness (QED) is 0.840. The van der Waals surface area contributed by atoms with E-state index in [1.165, 1.54) is 20.3 Å². The standard InChI is InChI=1S/C16H16INO/c17-12-6-4-11(5-7-12)10-19-16-3-1-2-13-14(16)8-9-15(13)18/h1-7,15H,8-10,18H2. The number of ether oxygens (including phenoxy) is 1. The lowest BCUT2D eigenvalue weighted by Crippen LogP contribution is -2.05. The summed E-state index contributed by atoms with van der Waals surface area (Å²) in [5, 5.41) is 0. The Bertz CT molecular complexity index is 580. The molecule has 1 atom stereocenters. The molecule has 0 aliphatic heterocycles. The van der Waals surface area contributed by atoms with Crippen LogP contribution in [-0.4, -0.2) is 0 Å². The average Bonchev–Trinajstić information content (AvgIpc) is 2.81. The van der Waals surface area contributed by atoms with E-state index in [9.17, 15) is 0 Å². The lowest BCUT2D eigenvalue weighted by atomic mass is 10.1. The highest BCUT2D eigenvalue weighted by Gasteiger charge is 2.21. The minimum Gasteiger partial charge on any atom is -0.489 e. The SMILES string of the molecule is NC1CCc2c(OCc3ccc(I)cc3)cccc21. The number of halogens is 1. The Morgan fingerprint density at radius 3 is 2.74 bits per heavy atom. The number of benzene rings is 2. The van der Waals surface area contributed by atoms with E-state index in [1.807, 2.05) is 12.1 Å². The molecule has 19 heavy (non-hydrogen) atoms. The maximum absolute atomic E-state index is 6.08. The zero-order valence-corrected chi connectivity index (χ0v) is 12.8. The maximum atomic E-state index is 6.08. The molecule has 0 spiro atoms. The predicted molar refractivity (Wildman–Crippen MR) is 85.2 cm³/mol. The van der Waals surface area contributed by atoms with Crippen molar-refractivity contribution in [3.63, 3.8) is 0 Å². The minimum absolute atomic E-state index is 0.178. The summed E-state index contributed by atoms with van der Waals surface area (Å²) >= 11 is 2.31. The van der Waals surface area contributed by atoms with Gasteiger partial charge in [0, 0.05) is 9.61 Å². The molecule has 0 radical (unpaired) electrons. The van der Waals surface area contributed by atoms with Gasteiger partial charge in [0.15, 0.2) is 0 Å². The van der Waals surface area contributed by atoms with E-state index in [2.05, 4.69) is 52.9 Å². The van der Waals surface area contributed by atoms with Crippen LogP contribution in [0.2, 0.25) is 0 Å². The second kappa shape index (κ2) is 5.51. The van der Waals surface area contributed by atoms with E-state index in [0.29, 0.717) is 6.61 Å². The Morgan fingerprint density at radius 1 is 1.16 bits per heavy atom. The Hall–Kier alpha value is -1.07. The second-order valence-electron chi connectivity index (χ2n) is 4.88. The molecule has 3 heteroatoms. The number of nitrogens with two attached hydrogens (primary N) is 1. The molecule has 0 saturated carbocycles. The summed E-state index contributed by atoms with van der Waals surface area (Å²) in [4.78, 5) is 0. The zero-order valence-electron chi connectivity index (χ0n) is 10.6. The van der Waals surface area contributed by atoms with Gasteiger partial charge in [0.1, 0.15) is 12.4 Å². The number of fused-ring (bicyclic) bond motifs is 1. The normalized spacial score (nSPS) is 17.3. The molecule has 0 heterocycles. The summed E-state index contributed by atoms with van der Waals surface area (Å²) in [6, 6.07) is 14.8. The van der Waals surface area contributed by atoms with Gasteiger partial charge in [-0.3, -0.25) is 0 Å². The van der Waals surface area contributed by atoms with Crippen LogP contribution in [0, 0.1) is 3.57 Å². The number of hydrogen-bond acceptors (Lipinski definition) is 2. The van der Waals surface area contributed by atoms with Crippen molar-refractivity contribution < 1.29 is 4.74 Å². The molecule has 1 unspecified atom stereocenters. The van der Waals surface area contributed by atoms with Gasteiger partial charge < -0.3 is 10.5 Å². The minimum atomic E-state index is 0.178. The number of rotatable bonds is 3. The van der Waals surface area contributed by atoms with E-state index in [4.69, 9.17) is 10.5 Å². The Morgan fingerprint density at radius 2 is 1.95 bits per heavy atom. The molecule has 0 aromatic heterocycles. The van der Waals surface area contributed by atoms with Gasteiger partial charge in [-0.15, -0.1) is 0 Å².